The summed E-state index contributed by atoms with van der Waals surface area (Å²) in [6.45, 7) is 3.40. The van der Waals surface area contributed by atoms with Gasteiger partial charge < -0.3 is 4.90 Å². The van der Waals surface area contributed by atoms with E-state index in [9.17, 15) is 0 Å². The summed E-state index contributed by atoms with van der Waals surface area (Å²) in [7, 11) is 4.35. The molecule has 1 N–H and O–H groups in total. The quantitative estimate of drug-likeness (QED) is 0.925. The van der Waals surface area contributed by atoms with Crippen molar-refractivity contribution in [2.45, 2.75) is 19.0 Å². The highest BCUT2D eigenvalue weighted by Crippen LogP contribution is 2.21. The molecule has 1 aromatic heterocycles. The number of aromatic amines is 1. The topological polar surface area (TPSA) is 35.2 Å². The van der Waals surface area contributed by atoms with Gasteiger partial charge in [-0.25, -0.2) is 0 Å². The fourth-order valence-electron chi connectivity index (χ4n) is 2.89. The van der Waals surface area contributed by atoms with Gasteiger partial charge in [-0.05, 0) is 37.7 Å². The van der Waals surface area contributed by atoms with Gasteiger partial charge in [-0.1, -0.05) is 18.2 Å². The van der Waals surface area contributed by atoms with Crippen molar-refractivity contribution in [2.75, 3.05) is 27.2 Å². The average molecular weight is 270 g/mol. The van der Waals surface area contributed by atoms with Gasteiger partial charge in [0.05, 0.1) is 6.20 Å². The van der Waals surface area contributed by atoms with Crippen LogP contribution in [0.4, 0.5) is 0 Å². The summed E-state index contributed by atoms with van der Waals surface area (Å²) in [5.41, 5.74) is 3.77. The number of likely N-dealkylation sites (tertiary alicyclic amines) is 1. The Morgan fingerprint density at radius 3 is 2.95 bits per heavy atom. The molecule has 1 aliphatic rings. The molecule has 0 saturated carbocycles. The lowest BCUT2D eigenvalue weighted by atomic mass is 10.1. The lowest BCUT2D eigenvalue weighted by Gasteiger charge is -2.20. The van der Waals surface area contributed by atoms with Crippen molar-refractivity contribution in [1.82, 2.24) is 20.0 Å². The third-order valence-corrected chi connectivity index (χ3v) is 4.14. The van der Waals surface area contributed by atoms with Crippen LogP contribution in [0.2, 0.25) is 0 Å². The predicted molar refractivity (Wildman–Crippen MR) is 81.4 cm³/mol. The SMILES string of the molecule is CN(C)C1CCN(Cc2cccc(-c3cn[nH]c3)c2)C1. The van der Waals surface area contributed by atoms with Gasteiger partial charge in [-0.2, -0.15) is 5.10 Å². The molecule has 106 valence electrons. The highest BCUT2D eigenvalue weighted by Gasteiger charge is 2.23. The molecular formula is C16H22N4. The molecule has 4 heteroatoms. The zero-order chi connectivity index (χ0) is 13.9. The summed E-state index contributed by atoms with van der Waals surface area (Å²) in [5, 5.41) is 6.89. The minimum absolute atomic E-state index is 0.701. The molecule has 1 aliphatic heterocycles. The highest BCUT2D eigenvalue weighted by atomic mass is 15.2. The van der Waals surface area contributed by atoms with Gasteiger partial charge in [0.25, 0.3) is 0 Å². The molecule has 0 radical (unpaired) electrons. The summed E-state index contributed by atoms with van der Waals surface area (Å²) < 4.78 is 0. The monoisotopic (exact) mass is 270 g/mol. The number of nitrogens with one attached hydrogen (secondary N) is 1. The second kappa shape index (κ2) is 5.77. The van der Waals surface area contributed by atoms with Crippen LogP contribution in [0.3, 0.4) is 0 Å². The summed E-state index contributed by atoms with van der Waals surface area (Å²) in [6, 6.07) is 9.46. The van der Waals surface area contributed by atoms with Crippen molar-refractivity contribution in [3.63, 3.8) is 0 Å². The van der Waals surface area contributed by atoms with E-state index in [1.54, 1.807) is 0 Å². The molecule has 1 unspecified atom stereocenters. The minimum atomic E-state index is 0.701. The van der Waals surface area contributed by atoms with Crippen LogP contribution in [0.15, 0.2) is 36.7 Å². The number of hydrogen-bond acceptors (Lipinski definition) is 3. The first kappa shape index (κ1) is 13.3. The van der Waals surface area contributed by atoms with Crippen molar-refractivity contribution in [2.24, 2.45) is 0 Å². The van der Waals surface area contributed by atoms with E-state index < -0.39 is 0 Å². The molecule has 0 bridgehead atoms. The van der Waals surface area contributed by atoms with E-state index in [1.807, 2.05) is 12.4 Å². The maximum atomic E-state index is 4.02. The Labute approximate surface area is 120 Å². The van der Waals surface area contributed by atoms with Crippen molar-refractivity contribution >= 4 is 0 Å². The molecule has 4 nitrogen and oxygen atoms in total. The second-order valence-electron chi connectivity index (χ2n) is 5.83. The maximum absolute atomic E-state index is 4.02. The van der Waals surface area contributed by atoms with E-state index in [4.69, 9.17) is 0 Å². The number of nitrogens with zero attached hydrogens (tertiary/aromatic N) is 3. The largest absolute Gasteiger partial charge is 0.305 e. The molecule has 1 atom stereocenters. The molecule has 1 saturated heterocycles. The van der Waals surface area contributed by atoms with Crippen LogP contribution in [0.25, 0.3) is 11.1 Å². The summed E-state index contributed by atoms with van der Waals surface area (Å²) in [5.74, 6) is 0. The number of rotatable bonds is 4. The van der Waals surface area contributed by atoms with E-state index in [0.29, 0.717) is 6.04 Å². The van der Waals surface area contributed by atoms with Crippen LogP contribution in [0.5, 0.6) is 0 Å². The molecule has 0 aliphatic carbocycles. The van der Waals surface area contributed by atoms with E-state index in [2.05, 4.69) is 58.4 Å². The molecule has 20 heavy (non-hydrogen) atoms. The van der Waals surface area contributed by atoms with Crippen LogP contribution < -0.4 is 0 Å². The third kappa shape index (κ3) is 2.92. The zero-order valence-corrected chi connectivity index (χ0v) is 12.2. The van der Waals surface area contributed by atoms with Gasteiger partial charge in [-0.15, -0.1) is 0 Å². The smallest absolute Gasteiger partial charge is 0.0565 e. The first-order chi connectivity index (χ1) is 9.72. The molecule has 1 aromatic carbocycles. The van der Waals surface area contributed by atoms with Crippen molar-refractivity contribution in [3.8, 4) is 11.1 Å². The predicted octanol–water partition coefficient (Wildman–Crippen LogP) is 2.21. The Hall–Kier alpha value is -1.65. The van der Waals surface area contributed by atoms with E-state index in [1.165, 1.54) is 30.6 Å². The molecule has 2 heterocycles. The first-order valence-corrected chi connectivity index (χ1v) is 7.19. The summed E-state index contributed by atoms with van der Waals surface area (Å²) in [6.07, 6.45) is 5.09. The third-order valence-electron chi connectivity index (χ3n) is 4.14. The Kier molecular flexibility index (Phi) is 3.85. The van der Waals surface area contributed by atoms with Crippen LogP contribution in [-0.4, -0.2) is 53.2 Å². The van der Waals surface area contributed by atoms with Crippen LogP contribution in [0.1, 0.15) is 12.0 Å². The number of benzene rings is 1. The lowest BCUT2D eigenvalue weighted by Crippen LogP contribution is -2.31. The number of H-pyrrole nitrogens is 1. The minimum Gasteiger partial charge on any atom is -0.305 e. The fraction of sp³-hybridized carbons (Fsp3) is 0.438. The summed E-state index contributed by atoms with van der Waals surface area (Å²) in [4.78, 5) is 4.88. The van der Waals surface area contributed by atoms with Crippen molar-refractivity contribution in [3.05, 3.63) is 42.2 Å². The molecule has 3 rings (SSSR count). The van der Waals surface area contributed by atoms with Gasteiger partial charge in [0.2, 0.25) is 0 Å². The standard InChI is InChI=1S/C16H22N4/c1-19(2)16-6-7-20(12-16)11-13-4-3-5-14(8-13)15-9-17-18-10-15/h3-5,8-10,16H,6-7,11-12H2,1-2H3,(H,17,18). The second-order valence-corrected chi connectivity index (χ2v) is 5.83. The number of aromatic nitrogens is 2. The van der Waals surface area contributed by atoms with Crippen LogP contribution in [0, 0.1) is 0 Å². The van der Waals surface area contributed by atoms with Gasteiger partial charge in [0.1, 0.15) is 0 Å². The van der Waals surface area contributed by atoms with Gasteiger partial charge in [-0.3, -0.25) is 10.00 Å². The summed E-state index contributed by atoms with van der Waals surface area (Å²) >= 11 is 0. The Bertz CT molecular complexity index is 547. The van der Waals surface area contributed by atoms with Gasteiger partial charge in [0, 0.05) is 37.4 Å². The van der Waals surface area contributed by atoms with E-state index >= 15 is 0 Å². The zero-order valence-electron chi connectivity index (χ0n) is 12.2. The first-order valence-electron chi connectivity index (χ1n) is 7.19. The molecule has 0 amide bonds. The lowest BCUT2D eigenvalue weighted by molar-refractivity contribution is 0.264. The molecule has 1 fully saturated rings. The number of likely N-dealkylation sites (N-methyl/N-ethyl adjacent to an activating group) is 1. The van der Waals surface area contributed by atoms with E-state index in [0.717, 1.165) is 12.1 Å². The molecular weight excluding hydrogens is 248 g/mol. The Morgan fingerprint density at radius 1 is 1.35 bits per heavy atom. The molecule has 2 aromatic rings. The molecule has 0 spiro atoms. The normalized spacial score (nSPS) is 19.9. The maximum Gasteiger partial charge on any atom is 0.0565 e. The van der Waals surface area contributed by atoms with E-state index in [-0.39, 0.29) is 0 Å². The van der Waals surface area contributed by atoms with Crippen LogP contribution >= 0.6 is 0 Å². The average Bonchev–Trinajstić information content (AvgIpc) is 3.10. The highest BCUT2D eigenvalue weighted by molar-refractivity contribution is 5.62. The van der Waals surface area contributed by atoms with Crippen molar-refractivity contribution in [1.29, 1.82) is 0 Å². The van der Waals surface area contributed by atoms with Gasteiger partial charge in [0.15, 0.2) is 0 Å². The Morgan fingerprint density at radius 2 is 2.25 bits per heavy atom. The van der Waals surface area contributed by atoms with Gasteiger partial charge >= 0.3 is 0 Å². The fourth-order valence-corrected chi connectivity index (χ4v) is 2.89. The van der Waals surface area contributed by atoms with Crippen LogP contribution in [-0.2, 0) is 6.54 Å². The Balaban J connectivity index is 1.68. The van der Waals surface area contributed by atoms with Crippen molar-refractivity contribution < 1.29 is 0 Å². The number of hydrogen-bond donors (Lipinski definition) is 1.